The highest BCUT2D eigenvalue weighted by Crippen LogP contribution is 2.29. The molecule has 0 aromatic rings. The van der Waals surface area contributed by atoms with Crippen LogP contribution in [0.5, 0.6) is 0 Å². The maximum atomic E-state index is 12.9. The molecule has 76 valence electrons. The third-order valence-electron chi connectivity index (χ3n) is 2.10. The highest BCUT2D eigenvalue weighted by atomic mass is 19.3. The summed E-state index contributed by atoms with van der Waals surface area (Å²) in [5.41, 5.74) is 0. The Morgan fingerprint density at radius 3 is 2.62 bits per heavy atom. The molecule has 3 nitrogen and oxygen atoms in total. The molecule has 0 saturated carbocycles. The summed E-state index contributed by atoms with van der Waals surface area (Å²) < 4.78 is 25.8. The van der Waals surface area contributed by atoms with Gasteiger partial charge in [-0.15, -0.1) is 0 Å². The first-order valence-electron chi connectivity index (χ1n) is 4.21. The zero-order valence-electron chi connectivity index (χ0n) is 7.63. The number of hydrogen-bond donors (Lipinski definition) is 1. The summed E-state index contributed by atoms with van der Waals surface area (Å²) in [4.78, 5) is 12.1. The lowest BCUT2D eigenvalue weighted by molar-refractivity contribution is -0.175. The van der Waals surface area contributed by atoms with Gasteiger partial charge in [0.15, 0.2) is 0 Å². The number of halogens is 2. The van der Waals surface area contributed by atoms with E-state index < -0.39 is 24.4 Å². The van der Waals surface area contributed by atoms with Gasteiger partial charge in [0.25, 0.3) is 5.91 Å². The van der Waals surface area contributed by atoms with Crippen LogP contribution in [0.2, 0.25) is 0 Å². The van der Waals surface area contributed by atoms with E-state index in [4.69, 9.17) is 5.11 Å². The zero-order valence-corrected chi connectivity index (χ0v) is 7.63. The summed E-state index contributed by atoms with van der Waals surface area (Å²) in [5.74, 6) is -4.57. The Hall–Kier alpha value is -0.710. The molecular formula is C8H13F2NO2. The fourth-order valence-corrected chi connectivity index (χ4v) is 1.41. The predicted octanol–water partition coefficient (Wildman–Crippen LogP) is 0.623. The van der Waals surface area contributed by atoms with E-state index in [-0.39, 0.29) is 12.6 Å². The number of β-amino-alcohol motifs (C(OH)–C–C–N with tert-alkyl or cyclic N) is 1. The maximum Gasteiger partial charge on any atom is 0.327 e. The Bertz CT molecular complexity index is 218. The van der Waals surface area contributed by atoms with Crippen molar-refractivity contribution in [1.29, 1.82) is 0 Å². The Morgan fingerprint density at radius 2 is 2.15 bits per heavy atom. The van der Waals surface area contributed by atoms with Crippen molar-refractivity contribution in [2.45, 2.75) is 38.3 Å². The lowest BCUT2D eigenvalue weighted by Crippen LogP contribution is -2.56. The third kappa shape index (κ3) is 1.96. The molecule has 1 saturated heterocycles. The lowest BCUT2D eigenvalue weighted by atomic mass is 10.0. The van der Waals surface area contributed by atoms with Crippen molar-refractivity contribution in [3.63, 3.8) is 0 Å². The SMILES string of the molecule is CC(C)N1CC(O)CC(F)(F)C1=O. The molecular weight excluding hydrogens is 180 g/mol. The fourth-order valence-electron chi connectivity index (χ4n) is 1.41. The van der Waals surface area contributed by atoms with Crippen molar-refractivity contribution >= 4 is 5.91 Å². The second-order valence-corrected chi connectivity index (χ2v) is 3.61. The molecule has 13 heavy (non-hydrogen) atoms. The normalized spacial score (nSPS) is 28.3. The Kier molecular flexibility index (Phi) is 2.56. The van der Waals surface area contributed by atoms with Gasteiger partial charge in [-0.1, -0.05) is 0 Å². The number of likely N-dealkylation sites (tertiary alicyclic amines) is 1. The molecule has 0 aromatic carbocycles. The minimum absolute atomic E-state index is 0.00604. The van der Waals surface area contributed by atoms with Crippen molar-refractivity contribution in [3.8, 4) is 0 Å². The smallest absolute Gasteiger partial charge is 0.327 e. The van der Waals surface area contributed by atoms with Crippen LogP contribution in [0.15, 0.2) is 0 Å². The number of rotatable bonds is 1. The van der Waals surface area contributed by atoms with Gasteiger partial charge in [-0.25, -0.2) is 0 Å². The van der Waals surface area contributed by atoms with E-state index in [0.717, 1.165) is 4.90 Å². The van der Waals surface area contributed by atoms with Gasteiger partial charge in [0.2, 0.25) is 0 Å². The van der Waals surface area contributed by atoms with Crippen LogP contribution in [0.25, 0.3) is 0 Å². The Morgan fingerprint density at radius 1 is 1.62 bits per heavy atom. The number of alkyl halides is 2. The van der Waals surface area contributed by atoms with Crippen LogP contribution in [-0.4, -0.2) is 40.5 Å². The Balaban J connectivity index is 2.82. The van der Waals surface area contributed by atoms with Gasteiger partial charge in [0.1, 0.15) is 0 Å². The van der Waals surface area contributed by atoms with Gasteiger partial charge in [-0.05, 0) is 13.8 Å². The molecule has 1 aliphatic heterocycles. The van der Waals surface area contributed by atoms with Crippen LogP contribution in [0.1, 0.15) is 20.3 Å². The van der Waals surface area contributed by atoms with E-state index in [1.165, 1.54) is 0 Å². The van der Waals surface area contributed by atoms with Crippen LogP contribution in [0.3, 0.4) is 0 Å². The topological polar surface area (TPSA) is 40.5 Å². The van der Waals surface area contributed by atoms with E-state index in [9.17, 15) is 13.6 Å². The molecule has 1 amide bonds. The molecule has 0 radical (unpaired) electrons. The highest BCUT2D eigenvalue weighted by Gasteiger charge is 2.48. The number of nitrogens with zero attached hydrogens (tertiary/aromatic N) is 1. The van der Waals surface area contributed by atoms with Crippen molar-refractivity contribution in [2.75, 3.05) is 6.54 Å². The largest absolute Gasteiger partial charge is 0.391 e. The number of hydrogen-bond acceptors (Lipinski definition) is 2. The van der Waals surface area contributed by atoms with Gasteiger partial charge in [-0.2, -0.15) is 8.78 Å². The van der Waals surface area contributed by atoms with Crippen LogP contribution < -0.4 is 0 Å². The molecule has 1 atom stereocenters. The van der Waals surface area contributed by atoms with Crippen molar-refractivity contribution in [1.82, 2.24) is 4.90 Å². The monoisotopic (exact) mass is 193 g/mol. The second kappa shape index (κ2) is 3.21. The van der Waals surface area contributed by atoms with E-state index in [0.29, 0.717) is 0 Å². The van der Waals surface area contributed by atoms with Crippen LogP contribution in [0, 0.1) is 0 Å². The van der Waals surface area contributed by atoms with E-state index >= 15 is 0 Å². The standard InChI is InChI=1S/C8H13F2NO2/c1-5(2)11-4-6(12)3-8(9,10)7(11)13/h5-6,12H,3-4H2,1-2H3. The van der Waals surface area contributed by atoms with Gasteiger partial charge in [0.05, 0.1) is 6.10 Å². The van der Waals surface area contributed by atoms with E-state index in [1.807, 2.05) is 0 Å². The quantitative estimate of drug-likeness (QED) is 0.663. The number of aliphatic hydroxyl groups is 1. The molecule has 1 heterocycles. The molecule has 1 unspecified atom stereocenters. The third-order valence-corrected chi connectivity index (χ3v) is 2.10. The van der Waals surface area contributed by atoms with Gasteiger partial charge < -0.3 is 10.0 Å². The van der Waals surface area contributed by atoms with E-state index in [1.54, 1.807) is 13.8 Å². The predicted molar refractivity (Wildman–Crippen MR) is 42.4 cm³/mol. The van der Waals surface area contributed by atoms with Crippen LogP contribution in [0.4, 0.5) is 8.78 Å². The fraction of sp³-hybridized carbons (Fsp3) is 0.875. The minimum Gasteiger partial charge on any atom is -0.391 e. The summed E-state index contributed by atoms with van der Waals surface area (Å²) >= 11 is 0. The number of aliphatic hydroxyl groups excluding tert-OH is 1. The molecule has 1 N–H and O–H groups in total. The average Bonchev–Trinajstić information content (AvgIpc) is 1.95. The molecule has 0 aromatic heterocycles. The minimum atomic E-state index is -3.40. The Labute approximate surface area is 75.3 Å². The number of carbonyl (C=O) groups is 1. The summed E-state index contributed by atoms with van der Waals surface area (Å²) in [7, 11) is 0. The molecule has 5 heteroatoms. The van der Waals surface area contributed by atoms with Crippen molar-refractivity contribution < 1.29 is 18.7 Å². The second-order valence-electron chi connectivity index (χ2n) is 3.61. The molecule has 0 spiro atoms. The number of piperidine rings is 1. The molecule has 0 bridgehead atoms. The molecule has 0 aliphatic carbocycles. The van der Waals surface area contributed by atoms with Gasteiger partial charge in [-0.3, -0.25) is 4.79 Å². The molecule has 1 fully saturated rings. The summed E-state index contributed by atoms with van der Waals surface area (Å²) in [6.07, 6.45) is -1.87. The summed E-state index contributed by atoms with van der Waals surface area (Å²) in [5, 5.41) is 9.11. The highest BCUT2D eigenvalue weighted by molar-refractivity contribution is 5.84. The van der Waals surface area contributed by atoms with Gasteiger partial charge >= 0.3 is 5.92 Å². The molecule has 1 aliphatic rings. The molecule has 1 rings (SSSR count). The van der Waals surface area contributed by atoms with Gasteiger partial charge in [0, 0.05) is 19.0 Å². The first-order chi connectivity index (χ1) is 5.84. The average molecular weight is 193 g/mol. The maximum absolute atomic E-state index is 12.9. The van der Waals surface area contributed by atoms with E-state index in [2.05, 4.69) is 0 Å². The van der Waals surface area contributed by atoms with Crippen LogP contribution >= 0.6 is 0 Å². The first kappa shape index (κ1) is 10.4. The zero-order chi connectivity index (χ0) is 10.2. The first-order valence-corrected chi connectivity index (χ1v) is 4.21. The van der Waals surface area contributed by atoms with Crippen LogP contribution in [-0.2, 0) is 4.79 Å². The van der Waals surface area contributed by atoms with Crippen molar-refractivity contribution in [3.05, 3.63) is 0 Å². The number of carbonyl (C=O) groups excluding carboxylic acids is 1. The number of amides is 1. The summed E-state index contributed by atoms with van der Waals surface area (Å²) in [6.45, 7) is 3.30. The van der Waals surface area contributed by atoms with Crippen molar-refractivity contribution in [2.24, 2.45) is 0 Å². The summed E-state index contributed by atoms with van der Waals surface area (Å²) in [6, 6.07) is -0.298. The lowest BCUT2D eigenvalue weighted by Gasteiger charge is -2.37.